The zero-order valence-corrected chi connectivity index (χ0v) is 18.0. The maximum atomic E-state index is 12.6. The van der Waals surface area contributed by atoms with Gasteiger partial charge in [0, 0.05) is 35.8 Å². The first-order chi connectivity index (χ1) is 14.3. The van der Waals surface area contributed by atoms with Crippen LogP contribution in [0.25, 0.3) is 11.0 Å². The molecule has 30 heavy (non-hydrogen) atoms. The molecule has 0 spiro atoms. The van der Waals surface area contributed by atoms with Crippen molar-refractivity contribution in [1.29, 1.82) is 0 Å². The van der Waals surface area contributed by atoms with Crippen molar-refractivity contribution >= 4 is 45.7 Å². The van der Waals surface area contributed by atoms with Gasteiger partial charge in [-0.3, -0.25) is 18.7 Å². The number of anilines is 1. The highest BCUT2D eigenvalue weighted by atomic mass is 32.2. The van der Waals surface area contributed by atoms with Crippen molar-refractivity contribution in [3.63, 3.8) is 0 Å². The lowest BCUT2D eigenvalue weighted by atomic mass is 10.2. The van der Waals surface area contributed by atoms with Crippen LogP contribution in [-0.2, 0) is 14.1 Å². The van der Waals surface area contributed by atoms with Crippen molar-refractivity contribution in [2.45, 2.75) is 16.2 Å². The number of benzene rings is 1. The Kier molecular flexibility index (Phi) is 5.27. The molecule has 8 nitrogen and oxygen atoms in total. The predicted molar refractivity (Wildman–Crippen MR) is 118 cm³/mol. The third-order valence-electron chi connectivity index (χ3n) is 4.45. The molecular weight excluding hydrogens is 422 g/mol. The number of hydrogen-bond acceptors (Lipinski definition) is 7. The van der Waals surface area contributed by atoms with Crippen LogP contribution >= 0.6 is 23.1 Å². The van der Waals surface area contributed by atoms with Gasteiger partial charge in [-0.15, -0.1) is 11.3 Å². The Morgan fingerprint density at radius 2 is 1.77 bits per heavy atom. The molecule has 0 fully saturated rings. The summed E-state index contributed by atoms with van der Waals surface area (Å²) in [5, 5.41) is 5.06. The highest BCUT2D eigenvalue weighted by molar-refractivity contribution is 8.01. The standard InChI is InChI=1S/C20H17N5O3S2/c1-11-10-29-19(21-11)30-13-6-4-12(5-7-13)22-17(26)15-9-8-14-16(23-15)24(2)20(28)25(3)18(14)27/h4-10H,1-3H3,(H,22,26). The first-order valence-electron chi connectivity index (χ1n) is 8.91. The molecular formula is C20H17N5O3S2. The van der Waals surface area contributed by atoms with Crippen LogP contribution in [0.2, 0.25) is 0 Å². The third kappa shape index (κ3) is 3.79. The zero-order valence-electron chi connectivity index (χ0n) is 16.4. The SMILES string of the molecule is Cc1csc(Sc2ccc(NC(=O)c3ccc4c(=O)n(C)c(=O)n(C)c4n3)cc2)n1. The Hall–Kier alpha value is -3.24. The van der Waals surface area contributed by atoms with Crippen molar-refractivity contribution in [3.8, 4) is 0 Å². The normalized spacial score (nSPS) is 11.0. The molecule has 152 valence electrons. The topological polar surface area (TPSA) is 98.9 Å². The van der Waals surface area contributed by atoms with E-state index in [0.29, 0.717) is 5.69 Å². The maximum absolute atomic E-state index is 12.6. The van der Waals surface area contributed by atoms with E-state index in [4.69, 9.17) is 0 Å². The molecule has 0 aliphatic heterocycles. The highest BCUT2D eigenvalue weighted by Gasteiger charge is 2.14. The number of aryl methyl sites for hydroxylation is 2. The Morgan fingerprint density at radius 1 is 1.03 bits per heavy atom. The molecule has 1 amide bonds. The van der Waals surface area contributed by atoms with E-state index >= 15 is 0 Å². The number of fused-ring (bicyclic) bond motifs is 1. The summed E-state index contributed by atoms with van der Waals surface area (Å²) in [5.74, 6) is -0.430. The molecule has 0 saturated heterocycles. The lowest BCUT2D eigenvalue weighted by molar-refractivity contribution is 0.102. The fraction of sp³-hybridized carbons (Fsp3) is 0.150. The minimum absolute atomic E-state index is 0.113. The molecule has 0 bridgehead atoms. The lowest BCUT2D eigenvalue weighted by Crippen LogP contribution is -2.37. The van der Waals surface area contributed by atoms with Gasteiger partial charge in [0.25, 0.3) is 11.5 Å². The molecule has 0 radical (unpaired) electrons. The van der Waals surface area contributed by atoms with E-state index in [1.165, 1.54) is 30.8 Å². The number of nitrogens with one attached hydrogen (secondary N) is 1. The number of aromatic nitrogens is 4. The van der Waals surface area contributed by atoms with Gasteiger partial charge >= 0.3 is 5.69 Å². The van der Waals surface area contributed by atoms with Crippen molar-refractivity contribution in [2.75, 3.05) is 5.32 Å². The van der Waals surface area contributed by atoms with Crippen LogP contribution < -0.4 is 16.6 Å². The summed E-state index contributed by atoms with van der Waals surface area (Å²) in [6, 6.07) is 10.4. The first-order valence-corrected chi connectivity index (χ1v) is 10.6. The Bertz CT molecular complexity index is 1390. The fourth-order valence-corrected chi connectivity index (χ4v) is 4.67. The quantitative estimate of drug-likeness (QED) is 0.525. The molecule has 10 heteroatoms. The Labute approximate surface area is 179 Å². The second-order valence-corrected chi connectivity index (χ2v) is 8.79. The van der Waals surface area contributed by atoms with Crippen LogP contribution in [0.4, 0.5) is 5.69 Å². The van der Waals surface area contributed by atoms with Crippen molar-refractivity contribution < 1.29 is 4.79 Å². The van der Waals surface area contributed by atoms with Gasteiger partial charge in [-0.25, -0.2) is 14.8 Å². The number of rotatable bonds is 4. The molecule has 0 unspecified atom stereocenters. The number of amides is 1. The molecule has 0 atom stereocenters. The summed E-state index contributed by atoms with van der Waals surface area (Å²) in [6.07, 6.45) is 0. The Balaban J connectivity index is 1.55. The molecule has 0 aliphatic rings. The molecule has 1 N–H and O–H groups in total. The second kappa shape index (κ2) is 7.88. The van der Waals surface area contributed by atoms with Gasteiger partial charge in [0.15, 0.2) is 4.34 Å². The average molecular weight is 440 g/mol. The first kappa shape index (κ1) is 20.0. The Morgan fingerprint density at radius 3 is 2.43 bits per heavy atom. The van der Waals surface area contributed by atoms with Gasteiger partial charge in [0.1, 0.15) is 11.3 Å². The van der Waals surface area contributed by atoms with E-state index in [1.807, 2.05) is 24.4 Å². The largest absolute Gasteiger partial charge is 0.332 e. The molecule has 1 aromatic carbocycles. The van der Waals surface area contributed by atoms with E-state index in [9.17, 15) is 14.4 Å². The minimum Gasteiger partial charge on any atom is -0.321 e. The summed E-state index contributed by atoms with van der Waals surface area (Å²) < 4.78 is 3.22. The second-order valence-electron chi connectivity index (χ2n) is 6.61. The number of hydrogen-bond donors (Lipinski definition) is 1. The smallest absolute Gasteiger partial charge is 0.321 e. The lowest BCUT2D eigenvalue weighted by Gasteiger charge is -2.09. The molecule has 0 saturated carbocycles. The highest BCUT2D eigenvalue weighted by Crippen LogP contribution is 2.30. The third-order valence-corrected chi connectivity index (χ3v) is 6.51. The van der Waals surface area contributed by atoms with Gasteiger partial charge in [0.05, 0.1) is 5.39 Å². The van der Waals surface area contributed by atoms with Crippen LogP contribution in [0.5, 0.6) is 0 Å². The van der Waals surface area contributed by atoms with Crippen LogP contribution in [0.1, 0.15) is 16.2 Å². The minimum atomic E-state index is -0.499. The van der Waals surface area contributed by atoms with Crippen LogP contribution in [0.15, 0.2) is 60.6 Å². The molecule has 3 aromatic heterocycles. The summed E-state index contributed by atoms with van der Waals surface area (Å²) in [6.45, 7) is 1.95. The van der Waals surface area contributed by atoms with Gasteiger partial charge in [0.2, 0.25) is 0 Å². The summed E-state index contributed by atoms with van der Waals surface area (Å²) in [7, 11) is 2.92. The number of carbonyl (C=O) groups excluding carboxylic acids is 1. The van der Waals surface area contributed by atoms with Gasteiger partial charge < -0.3 is 5.32 Å². The summed E-state index contributed by atoms with van der Waals surface area (Å²) in [5.41, 5.74) is 0.935. The van der Waals surface area contributed by atoms with Crippen molar-refractivity contribution in [1.82, 2.24) is 19.1 Å². The van der Waals surface area contributed by atoms with E-state index in [1.54, 1.807) is 35.2 Å². The monoisotopic (exact) mass is 439 g/mol. The number of carbonyl (C=O) groups is 1. The van der Waals surface area contributed by atoms with Gasteiger partial charge in [-0.2, -0.15) is 0 Å². The van der Waals surface area contributed by atoms with Crippen LogP contribution in [0, 0.1) is 6.92 Å². The number of pyridine rings is 1. The zero-order chi connectivity index (χ0) is 21.4. The van der Waals surface area contributed by atoms with E-state index in [-0.39, 0.29) is 16.7 Å². The van der Waals surface area contributed by atoms with Crippen LogP contribution in [0.3, 0.4) is 0 Å². The number of nitrogens with zero attached hydrogens (tertiary/aromatic N) is 4. The molecule has 0 aliphatic carbocycles. The summed E-state index contributed by atoms with van der Waals surface area (Å²) in [4.78, 5) is 46.7. The molecule has 4 aromatic rings. The predicted octanol–water partition coefficient (Wildman–Crippen LogP) is 2.80. The van der Waals surface area contributed by atoms with Gasteiger partial charge in [-0.05, 0) is 43.3 Å². The maximum Gasteiger partial charge on any atom is 0.332 e. The van der Waals surface area contributed by atoms with Crippen LogP contribution in [-0.4, -0.2) is 25.0 Å². The fourth-order valence-electron chi connectivity index (χ4n) is 2.86. The van der Waals surface area contributed by atoms with E-state index in [2.05, 4.69) is 15.3 Å². The van der Waals surface area contributed by atoms with Crippen molar-refractivity contribution in [3.05, 3.63) is 74.0 Å². The van der Waals surface area contributed by atoms with Gasteiger partial charge in [-0.1, -0.05) is 11.8 Å². The summed E-state index contributed by atoms with van der Waals surface area (Å²) >= 11 is 3.14. The van der Waals surface area contributed by atoms with E-state index < -0.39 is 17.2 Å². The number of thiazole rings is 1. The average Bonchev–Trinajstić information content (AvgIpc) is 3.16. The molecule has 3 heterocycles. The molecule has 4 rings (SSSR count). The van der Waals surface area contributed by atoms with Crippen molar-refractivity contribution in [2.24, 2.45) is 14.1 Å². The van der Waals surface area contributed by atoms with E-state index in [0.717, 1.165) is 19.5 Å².